The van der Waals surface area contributed by atoms with Crippen LogP contribution < -0.4 is 10.5 Å². The molecule has 1 heterocycles. The Morgan fingerprint density at radius 1 is 1.37 bits per heavy atom. The third-order valence-electron chi connectivity index (χ3n) is 3.42. The van der Waals surface area contributed by atoms with E-state index in [4.69, 9.17) is 10.5 Å². The summed E-state index contributed by atoms with van der Waals surface area (Å²) in [6.45, 7) is 3.41. The molecular weight excluding hydrogens is 264 g/mol. The van der Waals surface area contributed by atoms with Crippen LogP contribution in [0.25, 0.3) is 0 Å². The van der Waals surface area contributed by atoms with Gasteiger partial charge in [-0.05, 0) is 37.5 Å². The van der Waals surface area contributed by atoms with Gasteiger partial charge in [0.25, 0.3) is 0 Å². The molecule has 2 rings (SSSR count). The van der Waals surface area contributed by atoms with E-state index in [1.54, 1.807) is 18.2 Å². The lowest BCUT2D eigenvalue weighted by atomic mass is 9.94. The van der Waals surface area contributed by atoms with Crippen molar-refractivity contribution in [3.05, 3.63) is 29.8 Å². The maximum absolute atomic E-state index is 12.4. The summed E-state index contributed by atoms with van der Waals surface area (Å²) in [4.78, 5) is 0.267. The van der Waals surface area contributed by atoms with Gasteiger partial charge in [0.15, 0.2) is 0 Å². The first-order chi connectivity index (χ1) is 8.95. The summed E-state index contributed by atoms with van der Waals surface area (Å²) in [5.41, 5.74) is 5.91. The molecule has 0 amide bonds. The minimum Gasteiger partial charge on any atom is -0.381 e. The van der Waals surface area contributed by atoms with E-state index in [9.17, 15) is 8.42 Å². The van der Waals surface area contributed by atoms with Crippen molar-refractivity contribution in [2.24, 2.45) is 5.73 Å². The van der Waals surface area contributed by atoms with Crippen molar-refractivity contribution in [1.29, 1.82) is 0 Å². The van der Waals surface area contributed by atoms with Crippen molar-refractivity contribution < 1.29 is 13.2 Å². The molecule has 106 valence electrons. The second-order valence-electron chi connectivity index (χ2n) is 5.13. The monoisotopic (exact) mass is 284 g/mol. The summed E-state index contributed by atoms with van der Waals surface area (Å²) >= 11 is 0. The van der Waals surface area contributed by atoms with Gasteiger partial charge in [-0.3, -0.25) is 0 Å². The van der Waals surface area contributed by atoms with Crippen LogP contribution in [0.3, 0.4) is 0 Å². The zero-order valence-electron chi connectivity index (χ0n) is 11.1. The average molecular weight is 284 g/mol. The Hall–Kier alpha value is -0.950. The van der Waals surface area contributed by atoms with Crippen LogP contribution in [0.5, 0.6) is 0 Å². The normalized spacial score (nSPS) is 19.3. The quantitative estimate of drug-likeness (QED) is 0.864. The van der Waals surface area contributed by atoms with Crippen molar-refractivity contribution >= 4 is 10.0 Å². The van der Waals surface area contributed by atoms with Gasteiger partial charge in [-0.1, -0.05) is 12.1 Å². The zero-order valence-corrected chi connectivity index (χ0v) is 11.9. The zero-order chi connectivity index (χ0) is 13.9. The van der Waals surface area contributed by atoms with Gasteiger partial charge in [-0.2, -0.15) is 0 Å². The maximum atomic E-state index is 12.4. The Morgan fingerprint density at radius 3 is 2.68 bits per heavy atom. The van der Waals surface area contributed by atoms with E-state index in [1.807, 2.05) is 13.0 Å². The van der Waals surface area contributed by atoms with Gasteiger partial charge in [-0.25, -0.2) is 13.1 Å². The van der Waals surface area contributed by atoms with E-state index in [0.717, 1.165) is 5.56 Å². The van der Waals surface area contributed by atoms with Crippen LogP contribution in [-0.4, -0.2) is 27.2 Å². The summed E-state index contributed by atoms with van der Waals surface area (Å²) in [6.07, 6.45) is 1.37. The van der Waals surface area contributed by atoms with Crippen molar-refractivity contribution in [1.82, 2.24) is 4.72 Å². The molecule has 0 atom stereocenters. The van der Waals surface area contributed by atoms with Crippen LogP contribution in [0.15, 0.2) is 29.2 Å². The van der Waals surface area contributed by atoms with E-state index in [2.05, 4.69) is 4.72 Å². The molecule has 0 radical (unpaired) electrons. The van der Waals surface area contributed by atoms with Crippen LogP contribution >= 0.6 is 0 Å². The highest BCUT2D eigenvalue weighted by atomic mass is 32.2. The Kier molecular flexibility index (Phi) is 4.25. The first-order valence-corrected chi connectivity index (χ1v) is 7.84. The van der Waals surface area contributed by atoms with Crippen molar-refractivity contribution in [2.75, 3.05) is 13.2 Å². The summed E-state index contributed by atoms with van der Waals surface area (Å²) in [6, 6.07) is 6.73. The fourth-order valence-corrected chi connectivity index (χ4v) is 3.68. The van der Waals surface area contributed by atoms with Crippen LogP contribution in [0.2, 0.25) is 0 Å². The standard InChI is InChI=1S/C13H20N2O3S/c1-13(5-7-18-8-6-13)15-19(16,17)12-4-2-3-11(9-12)10-14/h2-4,9,15H,5-8,10,14H2,1H3. The van der Waals surface area contributed by atoms with Crippen LogP contribution in [0, 0.1) is 0 Å². The molecular formula is C13H20N2O3S. The molecule has 5 nitrogen and oxygen atoms in total. The molecule has 1 aliphatic rings. The number of hydrogen-bond donors (Lipinski definition) is 2. The molecule has 1 aromatic carbocycles. The molecule has 1 aromatic rings. The number of ether oxygens (including phenoxy) is 1. The van der Waals surface area contributed by atoms with Crippen LogP contribution in [-0.2, 0) is 21.3 Å². The molecule has 3 N–H and O–H groups in total. The SMILES string of the molecule is CC1(NS(=O)(=O)c2cccc(CN)c2)CCOCC1. The number of benzene rings is 1. The topological polar surface area (TPSA) is 81.4 Å². The minimum atomic E-state index is -3.51. The lowest BCUT2D eigenvalue weighted by molar-refractivity contribution is 0.0537. The molecule has 1 fully saturated rings. The first kappa shape index (κ1) is 14.5. The number of nitrogens with two attached hydrogens (primary N) is 1. The Balaban J connectivity index is 2.21. The van der Waals surface area contributed by atoms with Crippen molar-refractivity contribution in [3.63, 3.8) is 0 Å². The molecule has 0 aliphatic carbocycles. The highest BCUT2D eigenvalue weighted by molar-refractivity contribution is 7.89. The van der Waals surface area contributed by atoms with Gasteiger partial charge < -0.3 is 10.5 Å². The molecule has 0 aromatic heterocycles. The molecule has 0 spiro atoms. The third-order valence-corrected chi connectivity index (χ3v) is 5.06. The summed E-state index contributed by atoms with van der Waals surface area (Å²) in [7, 11) is -3.51. The predicted molar refractivity (Wildman–Crippen MR) is 73.1 cm³/mol. The first-order valence-electron chi connectivity index (χ1n) is 6.36. The van der Waals surface area contributed by atoms with E-state index < -0.39 is 15.6 Å². The largest absolute Gasteiger partial charge is 0.381 e. The molecule has 19 heavy (non-hydrogen) atoms. The van der Waals surface area contributed by atoms with Gasteiger partial charge in [0.1, 0.15) is 0 Å². The van der Waals surface area contributed by atoms with E-state index in [0.29, 0.717) is 32.6 Å². The Bertz CT molecular complexity index is 537. The number of rotatable bonds is 4. The fraction of sp³-hybridized carbons (Fsp3) is 0.538. The minimum absolute atomic E-state index is 0.267. The molecule has 6 heteroatoms. The highest BCUT2D eigenvalue weighted by Crippen LogP contribution is 2.23. The molecule has 0 saturated carbocycles. The van der Waals surface area contributed by atoms with Crippen molar-refractivity contribution in [3.8, 4) is 0 Å². The van der Waals surface area contributed by atoms with E-state index in [1.165, 1.54) is 0 Å². The summed E-state index contributed by atoms with van der Waals surface area (Å²) < 4.78 is 32.8. The van der Waals surface area contributed by atoms with Gasteiger partial charge in [0, 0.05) is 25.3 Å². The molecule has 1 aliphatic heterocycles. The van der Waals surface area contributed by atoms with Crippen molar-refractivity contribution in [2.45, 2.75) is 36.7 Å². The third kappa shape index (κ3) is 3.54. The second kappa shape index (κ2) is 5.58. The van der Waals surface area contributed by atoms with Gasteiger partial charge in [0.2, 0.25) is 10.0 Å². The molecule has 0 bridgehead atoms. The van der Waals surface area contributed by atoms with Gasteiger partial charge in [0.05, 0.1) is 4.90 Å². The fourth-order valence-electron chi connectivity index (χ4n) is 2.15. The molecule has 1 saturated heterocycles. The van der Waals surface area contributed by atoms with Crippen LogP contribution in [0.1, 0.15) is 25.3 Å². The number of sulfonamides is 1. The maximum Gasteiger partial charge on any atom is 0.241 e. The second-order valence-corrected chi connectivity index (χ2v) is 6.81. The summed E-state index contributed by atoms with van der Waals surface area (Å²) in [5.74, 6) is 0. The lowest BCUT2D eigenvalue weighted by Crippen LogP contribution is -2.49. The van der Waals surface area contributed by atoms with E-state index >= 15 is 0 Å². The average Bonchev–Trinajstić information content (AvgIpc) is 2.38. The van der Waals surface area contributed by atoms with Gasteiger partial charge >= 0.3 is 0 Å². The highest BCUT2D eigenvalue weighted by Gasteiger charge is 2.32. The number of hydrogen-bond acceptors (Lipinski definition) is 4. The molecule has 0 unspecified atom stereocenters. The predicted octanol–water partition coefficient (Wildman–Crippen LogP) is 0.993. The smallest absolute Gasteiger partial charge is 0.241 e. The van der Waals surface area contributed by atoms with Gasteiger partial charge in [-0.15, -0.1) is 0 Å². The van der Waals surface area contributed by atoms with Crippen LogP contribution in [0.4, 0.5) is 0 Å². The number of nitrogens with one attached hydrogen (secondary N) is 1. The Morgan fingerprint density at radius 2 is 2.05 bits per heavy atom. The Labute approximate surface area is 114 Å². The summed E-state index contributed by atoms with van der Waals surface area (Å²) in [5, 5.41) is 0. The lowest BCUT2D eigenvalue weighted by Gasteiger charge is -2.34. The van der Waals surface area contributed by atoms with E-state index in [-0.39, 0.29) is 4.90 Å².